The molecule has 8 nitrogen and oxygen atoms in total. The Hall–Kier alpha value is -3.05. The lowest BCUT2D eigenvalue weighted by Gasteiger charge is -2.41. The average molecular weight is 513 g/mol. The standard InChI is InChI=1S/C23H24ClF3N4O4/c1-14-21(12-34-13-33)31(29-22(14)23(25,26)27)17-2-4-18(5-3-17)35-11-15-8-30(9-15)20-6-16(10-32)28-7-19(20)24/h2-7,13-15,21,32H,8-12H2,1H3/t14-,21-/m0/s1. The summed E-state index contributed by atoms with van der Waals surface area (Å²) in [6, 6.07) is 7.58. The number of rotatable bonds is 9. The highest BCUT2D eigenvalue weighted by atomic mass is 35.5. The summed E-state index contributed by atoms with van der Waals surface area (Å²) in [5.74, 6) is -0.126. The molecule has 1 saturated heterocycles. The van der Waals surface area contributed by atoms with Gasteiger partial charge in [0.2, 0.25) is 0 Å². The quantitative estimate of drug-likeness (QED) is 0.513. The summed E-state index contributed by atoms with van der Waals surface area (Å²) in [6.45, 7) is 3.16. The molecule has 1 fully saturated rings. The van der Waals surface area contributed by atoms with Crippen LogP contribution in [0.1, 0.15) is 12.6 Å². The van der Waals surface area contributed by atoms with Crippen LogP contribution in [-0.4, -0.2) is 60.8 Å². The van der Waals surface area contributed by atoms with Gasteiger partial charge in [0, 0.05) is 31.1 Å². The number of hydrogen-bond acceptors (Lipinski definition) is 8. The Labute approximate surface area is 204 Å². The van der Waals surface area contributed by atoms with E-state index in [1.54, 1.807) is 30.3 Å². The molecule has 4 rings (SSSR count). The van der Waals surface area contributed by atoms with E-state index in [1.807, 2.05) is 0 Å². The first-order valence-electron chi connectivity index (χ1n) is 10.9. The van der Waals surface area contributed by atoms with E-state index in [2.05, 4.69) is 15.0 Å². The number of aliphatic hydroxyl groups is 1. The van der Waals surface area contributed by atoms with Gasteiger partial charge in [-0.25, -0.2) is 0 Å². The van der Waals surface area contributed by atoms with Crippen LogP contribution in [0.3, 0.4) is 0 Å². The van der Waals surface area contributed by atoms with E-state index in [0.29, 0.717) is 28.8 Å². The van der Waals surface area contributed by atoms with Crippen molar-refractivity contribution in [3.63, 3.8) is 0 Å². The monoisotopic (exact) mass is 512 g/mol. The average Bonchev–Trinajstić information content (AvgIpc) is 3.14. The second-order valence-electron chi connectivity index (χ2n) is 8.47. The Morgan fingerprint density at radius 2 is 1.94 bits per heavy atom. The molecular weight excluding hydrogens is 489 g/mol. The molecule has 0 aliphatic carbocycles. The van der Waals surface area contributed by atoms with E-state index in [0.717, 1.165) is 18.8 Å². The molecule has 2 aliphatic rings. The fourth-order valence-corrected chi connectivity index (χ4v) is 4.39. The van der Waals surface area contributed by atoms with Gasteiger partial charge in [-0.15, -0.1) is 0 Å². The number of hydrogen-bond donors (Lipinski definition) is 1. The Balaban J connectivity index is 1.35. The molecule has 1 N–H and O–H groups in total. The summed E-state index contributed by atoms with van der Waals surface area (Å²) in [7, 11) is 0. The number of nitrogens with zero attached hydrogens (tertiary/aromatic N) is 4. The summed E-state index contributed by atoms with van der Waals surface area (Å²) in [4.78, 5) is 16.7. The Kier molecular flexibility index (Phi) is 7.36. The molecular formula is C23H24ClF3N4O4. The predicted molar refractivity (Wildman–Crippen MR) is 124 cm³/mol. The summed E-state index contributed by atoms with van der Waals surface area (Å²) >= 11 is 6.21. The van der Waals surface area contributed by atoms with Crippen molar-refractivity contribution in [3.8, 4) is 5.75 Å². The number of alkyl halides is 3. The Morgan fingerprint density at radius 1 is 1.23 bits per heavy atom. The fourth-order valence-electron chi connectivity index (χ4n) is 4.17. The number of hydrazone groups is 1. The van der Waals surface area contributed by atoms with E-state index in [9.17, 15) is 23.1 Å². The zero-order chi connectivity index (χ0) is 25.2. The molecule has 3 heterocycles. The zero-order valence-electron chi connectivity index (χ0n) is 18.8. The van der Waals surface area contributed by atoms with Crippen LogP contribution in [0.4, 0.5) is 24.5 Å². The maximum atomic E-state index is 13.4. The number of carbonyl (C=O) groups is 1. The molecule has 2 atom stereocenters. The lowest BCUT2D eigenvalue weighted by molar-refractivity contribution is -0.129. The van der Waals surface area contributed by atoms with Gasteiger partial charge < -0.3 is 19.5 Å². The maximum absolute atomic E-state index is 13.4. The Morgan fingerprint density at radius 3 is 2.57 bits per heavy atom. The number of ether oxygens (including phenoxy) is 2. The molecule has 0 spiro atoms. The molecule has 0 unspecified atom stereocenters. The third kappa shape index (κ3) is 5.46. The Bertz CT molecular complexity index is 1080. The van der Waals surface area contributed by atoms with Gasteiger partial charge in [0.15, 0.2) is 0 Å². The number of anilines is 2. The predicted octanol–water partition coefficient (Wildman–Crippen LogP) is 3.66. The molecule has 1 aromatic carbocycles. The molecule has 12 heteroatoms. The molecule has 0 radical (unpaired) electrons. The van der Waals surface area contributed by atoms with Crippen molar-refractivity contribution in [1.29, 1.82) is 0 Å². The SMILES string of the molecule is C[C@@H]1C(C(F)(F)F)=NN(c2ccc(OCC3CN(c4cc(CO)ncc4Cl)C3)cc2)[C@H]1COC=O. The highest BCUT2D eigenvalue weighted by Crippen LogP contribution is 2.36. The molecule has 2 aliphatic heterocycles. The molecule has 1 aromatic heterocycles. The van der Waals surface area contributed by atoms with Crippen molar-refractivity contribution in [2.45, 2.75) is 25.7 Å². The minimum absolute atomic E-state index is 0.162. The lowest BCUT2D eigenvalue weighted by atomic mass is 9.97. The van der Waals surface area contributed by atoms with E-state index in [4.69, 9.17) is 21.1 Å². The summed E-state index contributed by atoms with van der Waals surface area (Å²) < 4.78 is 50.7. The second-order valence-corrected chi connectivity index (χ2v) is 8.88. The first-order chi connectivity index (χ1) is 16.7. The van der Waals surface area contributed by atoms with Crippen molar-refractivity contribution in [1.82, 2.24) is 4.98 Å². The molecule has 0 amide bonds. The van der Waals surface area contributed by atoms with Gasteiger partial charge in [-0.2, -0.15) is 18.3 Å². The van der Waals surface area contributed by atoms with Crippen LogP contribution >= 0.6 is 11.6 Å². The first-order valence-corrected chi connectivity index (χ1v) is 11.3. The van der Waals surface area contributed by atoms with E-state index < -0.39 is 23.8 Å². The fraction of sp³-hybridized carbons (Fsp3) is 0.435. The van der Waals surface area contributed by atoms with E-state index >= 15 is 0 Å². The highest BCUT2D eigenvalue weighted by molar-refractivity contribution is 6.33. The number of benzene rings is 1. The van der Waals surface area contributed by atoms with Crippen LogP contribution in [0, 0.1) is 11.8 Å². The van der Waals surface area contributed by atoms with Crippen molar-refractivity contribution in [2.75, 3.05) is 36.2 Å². The third-order valence-corrected chi connectivity index (χ3v) is 6.39. The smallest absolute Gasteiger partial charge is 0.431 e. The minimum Gasteiger partial charge on any atom is -0.493 e. The zero-order valence-corrected chi connectivity index (χ0v) is 19.5. The first kappa shape index (κ1) is 25.1. The summed E-state index contributed by atoms with van der Waals surface area (Å²) in [5, 5.41) is 14.8. The van der Waals surface area contributed by atoms with Crippen LogP contribution in [0.15, 0.2) is 41.6 Å². The molecule has 0 saturated carbocycles. The maximum Gasteiger partial charge on any atom is 0.431 e. The molecule has 0 bridgehead atoms. The van der Waals surface area contributed by atoms with E-state index in [1.165, 1.54) is 18.1 Å². The van der Waals surface area contributed by atoms with Crippen LogP contribution in [0.5, 0.6) is 5.75 Å². The van der Waals surface area contributed by atoms with Crippen LogP contribution < -0.4 is 14.6 Å². The molecule has 2 aromatic rings. The van der Waals surface area contributed by atoms with Gasteiger partial charge >= 0.3 is 6.18 Å². The van der Waals surface area contributed by atoms with Gasteiger partial charge in [-0.3, -0.25) is 14.8 Å². The van der Waals surface area contributed by atoms with Gasteiger partial charge in [-0.1, -0.05) is 18.5 Å². The number of aliphatic hydroxyl groups excluding tert-OH is 1. The van der Waals surface area contributed by atoms with Gasteiger partial charge in [0.1, 0.15) is 18.1 Å². The van der Waals surface area contributed by atoms with Gasteiger partial charge in [0.25, 0.3) is 6.47 Å². The number of carbonyl (C=O) groups excluding carboxylic acids is 1. The summed E-state index contributed by atoms with van der Waals surface area (Å²) in [6.07, 6.45) is -3.06. The van der Waals surface area contributed by atoms with E-state index in [-0.39, 0.29) is 25.6 Å². The van der Waals surface area contributed by atoms with Crippen molar-refractivity contribution in [3.05, 3.63) is 47.2 Å². The molecule has 35 heavy (non-hydrogen) atoms. The minimum atomic E-state index is -4.58. The number of aromatic nitrogens is 1. The van der Waals surface area contributed by atoms with Crippen molar-refractivity contribution < 1.29 is 32.5 Å². The molecule has 188 valence electrons. The highest BCUT2D eigenvalue weighted by Gasteiger charge is 2.48. The largest absolute Gasteiger partial charge is 0.493 e. The topological polar surface area (TPSA) is 87.5 Å². The van der Waals surface area contributed by atoms with Crippen LogP contribution in [0.2, 0.25) is 5.02 Å². The van der Waals surface area contributed by atoms with Gasteiger partial charge in [0.05, 0.1) is 41.3 Å². The van der Waals surface area contributed by atoms with Crippen molar-refractivity contribution in [2.24, 2.45) is 16.9 Å². The lowest BCUT2D eigenvalue weighted by Crippen LogP contribution is -2.49. The van der Waals surface area contributed by atoms with Crippen LogP contribution in [-0.2, 0) is 16.1 Å². The van der Waals surface area contributed by atoms with Crippen molar-refractivity contribution >= 4 is 35.2 Å². The third-order valence-electron chi connectivity index (χ3n) is 6.10. The number of halogens is 4. The van der Waals surface area contributed by atoms with Gasteiger partial charge in [-0.05, 0) is 30.3 Å². The number of pyridine rings is 1. The van der Waals surface area contributed by atoms with Crippen LogP contribution in [0.25, 0.3) is 0 Å². The second kappa shape index (κ2) is 10.3. The summed E-state index contributed by atoms with van der Waals surface area (Å²) in [5.41, 5.74) is 0.887. The normalized spacial score (nSPS) is 20.5.